The van der Waals surface area contributed by atoms with Crippen LogP contribution in [0.15, 0.2) is 6.07 Å². The lowest BCUT2D eigenvalue weighted by atomic mass is 10.2. The Morgan fingerprint density at radius 2 is 2.44 bits per heavy atom. The van der Waals surface area contributed by atoms with Crippen molar-refractivity contribution in [1.29, 1.82) is 0 Å². The van der Waals surface area contributed by atoms with Gasteiger partial charge in [0.15, 0.2) is 0 Å². The number of thioether (sulfide) groups is 1. The van der Waals surface area contributed by atoms with Gasteiger partial charge in [-0.1, -0.05) is 0 Å². The molecule has 2 rings (SSSR count). The van der Waals surface area contributed by atoms with Gasteiger partial charge in [0.05, 0.1) is 0 Å². The third-order valence-electron chi connectivity index (χ3n) is 2.90. The van der Waals surface area contributed by atoms with E-state index in [0.29, 0.717) is 6.04 Å². The summed E-state index contributed by atoms with van der Waals surface area (Å²) in [5.41, 5.74) is 7.11. The van der Waals surface area contributed by atoms with Crippen LogP contribution in [0.1, 0.15) is 28.7 Å². The molecular weight excluding hydrogens is 236 g/mol. The molecule has 1 aromatic heterocycles. The van der Waals surface area contributed by atoms with E-state index in [1.54, 1.807) is 10.4 Å². The van der Waals surface area contributed by atoms with Crippen molar-refractivity contribution in [2.45, 2.75) is 38.1 Å². The second kappa shape index (κ2) is 6.05. The van der Waals surface area contributed by atoms with Crippen molar-refractivity contribution in [3.05, 3.63) is 21.4 Å². The van der Waals surface area contributed by atoms with Gasteiger partial charge in [0.1, 0.15) is 0 Å². The van der Waals surface area contributed by atoms with Crippen LogP contribution in [-0.2, 0) is 18.7 Å². The fraction of sp³-hybridized carbons (Fsp3) is 0.667. The van der Waals surface area contributed by atoms with E-state index in [4.69, 9.17) is 5.73 Å². The average Bonchev–Trinajstić information content (AvgIpc) is 2.69. The fourth-order valence-electron chi connectivity index (χ4n) is 1.92. The zero-order chi connectivity index (χ0) is 11.4. The Morgan fingerprint density at radius 3 is 3.19 bits per heavy atom. The molecule has 0 saturated heterocycles. The average molecular weight is 256 g/mol. The summed E-state index contributed by atoms with van der Waals surface area (Å²) in [5.74, 6) is 2.51. The summed E-state index contributed by atoms with van der Waals surface area (Å²) in [6, 6.07) is 2.91. The highest BCUT2D eigenvalue weighted by atomic mass is 32.2. The predicted octanol–water partition coefficient (Wildman–Crippen LogP) is 2.36. The molecule has 16 heavy (non-hydrogen) atoms. The first-order chi connectivity index (χ1) is 7.79. The molecule has 0 fully saturated rings. The van der Waals surface area contributed by atoms with Gasteiger partial charge in [-0.25, -0.2) is 0 Å². The number of rotatable bonds is 5. The lowest BCUT2D eigenvalue weighted by Gasteiger charge is -2.10. The highest BCUT2D eigenvalue weighted by Gasteiger charge is 2.13. The molecule has 0 bridgehead atoms. The molecule has 2 nitrogen and oxygen atoms in total. The van der Waals surface area contributed by atoms with Crippen LogP contribution >= 0.6 is 23.1 Å². The van der Waals surface area contributed by atoms with E-state index in [-0.39, 0.29) is 0 Å². The highest BCUT2D eigenvalue weighted by Crippen LogP contribution is 2.31. The molecule has 1 aliphatic heterocycles. The van der Waals surface area contributed by atoms with Gasteiger partial charge in [0.2, 0.25) is 0 Å². The SMILES string of the molecule is CC(CCN)NCc1cc2c(s1)CCSC2. The topological polar surface area (TPSA) is 38.0 Å². The molecule has 0 aromatic carbocycles. The number of hydrogen-bond donors (Lipinski definition) is 2. The largest absolute Gasteiger partial charge is 0.330 e. The first-order valence-electron chi connectivity index (χ1n) is 5.91. The van der Waals surface area contributed by atoms with Crippen molar-refractivity contribution in [1.82, 2.24) is 5.32 Å². The minimum atomic E-state index is 0.526. The zero-order valence-corrected chi connectivity index (χ0v) is 11.4. The van der Waals surface area contributed by atoms with E-state index >= 15 is 0 Å². The molecule has 1 aromatic rings. The van der Waals surface area contributed by atoms with Crippen LogP contribution in [-0.4, -0.2) is 18.3 Å². The molecule has 1 aliphatic rings. The zero-order valence-electron chi connectivity index (χ0n) is 9.79. The van der Waals surface area contributed by atoms with Gasteiger partial charge in [0.25, 0.3) is 0 Å². The molecule has 0 spiro atoms. The third-order valence-corrected chi connectivity index (χ3v) is 5.15. The van der Waals surface area contributed by atoms with Crippen molar-refractivity contribution in [2.24, 2.45) is 5.73 Å². The third kappa shape index (κ3) is 3.23. The highest BCUT2D eigenvalue weighted by molar-refractivity contribution is 7.98. The van der Waals surface area contributed by atoms with Crippen LogP contribution in [0, 0.1) is 0 Å². The van der Waals surface area contributed by atoms with Crippen LogP contribution in [0.2, 0.25) is 0 Å². The maximum atomic E-state index is 5.54. The summed E-state index contributed by atoms with van der Waals surface area (Å²) >= 11 is 4.04. The molecule has 1 unspecified atom stereocenters. The molecular formula is C12H20N2S2. The Balaban J connectivity index is 1.87. The monoisotopic (exact) mass is 256 g/mol. The van der Waals surface area contributed by atoms with E-state index in [1.807, 2.05) is 11.3 Å². The quantitative estimate of drug-likeness (QED) is 0.849. The maximum Gasteiger partial charge on any atom is 0.0302 e. The Labute approximate surface area is 106 Å². The Bertz CT molecular complexity index is 312. The minimum Gasteiger partial charge on any atom is -0.330 e. The van der Waals surface area contributed by atoms with Gasteiger partial charge in [-0.3, -0.25) is 0 Å². The summed E-state index contributed by atoms with van der Waals surface area (Å²) in [4.78, 5) is 3.10. The molecule has 90 valence electrons. The number of hydrogen-bond acceptors (Lipinski definition) is 4. The van der Waals surface area contributed by atoms with Crippen LogP contribution in [0.3, 0.4) is 0 Å². The van der Waals surface area contributed by atoms with Crippen LogP contribution in [0.4, 0.5) is 0 Å². The lowest BCUT2D eigenvalue weighted by Crippen LogP contribution is -2.27. The standard InChI is InChI=1S/C12H20N2S2/c1-9(2-4-13)14-7-11-6-10-8-15-5-3-12(10)16-11/h6,9,14H,2-5,7-8,13H2,1H3. The molecule has 0 aliphatic carbocycles. The lowest BCUT2D eigenvalue weighted by molar-refractivity contribution is 0.522. The summed E-state index contributed by atoms with van der Waals surface area (Å²) < 4.78 is 0. The van der Waals surface area contributed by atoms with Crippen LogP contribution < -0.4 is 11.1 Å². The summed E-state index contributed by atoms with van der Waals surface area (Å²) in [6.07, 6.45) is 2.32. The summed E-state index contributed by atoms with van der Waals surface area (Å²) in [5, 5.41) is 3.53. The second-order valence-corrected chi connectivity index (χ2v) is 6.65. The van der Waals surface area contributed by atoms with Crippen molar-refractivity contribution >= 4 is 23.1 Å². The number of aryl methyl sites for hydroxylation is 1. The second-order valence-electron chi connectivity index (χ2n) is 4.32. The first kappa shape index (κ1) is 12.4. The molecule has 4 heteroatoms. The summed E-state index contributed by atoms with van der Waals surface area (Å²) in [7, 11) is 0. The molecule has 0 amide bonds. The van der Waals surface area contributed by atoms with Crippen molar-refractivity contribution in [3.8, 4) is 0 Å². The van der Waals surface area contributed by atoms with Crippen LogP contribution in [0.5, 0.6) is 0 Å². The Hall–Kier alpha value is -0.0300. The number of thiophene rings is 1. The maximum absolute atomic E-state index is 5.54. The van der Waals surface area contributed by atoms with E-state index in [0.717, 1.165) is 19.5 Å². The normalized spacial score (nSPS) is 17.1. The molecule has 2 heterocycles. The Morgan fingerprint density at radius 1 is 1.56 bits per heavy atom. The van der Waals surface area contributed by atoms with Gasteiger partial charge >= 0.3 is 0 Å². The smallest absolute Gasteiger partial charge is 0.0302 e. The van der Waals surface area contributed by atoms with E-state index in [9.17, 15) is 0 Å². The van der Waals surface area contributed by atoms with Gasteiger partial charge < -0.3 is 11.1 Å². The van der Waals surface area contributed by atoms with Gasteiger partial charge in [0, 0.05) is 28.1 Å². The van der Waals surface area contributed by atoms with E-state index < -0.39 is 0 Å². The van der Waals surface area contributed by atoms with E-state index in [1.165, 1.54) is 22.8 Å². The molecule has 1 atom stereocenters. The van der Waals surface area contributed by atoms with Crippen LogP contribution in [0.25, 0.3) is 0 Å². The molecule has 0 radical (unpaired) electrons. The molecule has 3 N–H and O–H groups in total. The molecule has 0 saturated carbocycles. The predicted molar refractivity (Wildman–Crippen MR) is 74.2 cm³/mol. The van der Waals surface area contributed by atoms with Gasteiger partial charge in [-0.15, -0.1) is 11.3 Å². The van der Waals surface area contributed by atoms with Gasteiger partial charge in [-0.05, 0) is 43.7 Å². The first-order valence-corrected chi connectivity index (χ1v) is 7.88. The minimum absolute atomic E-state index is 0.526. The van der Waals surface area contributed by atoms with Crippen molar-refractivity contribution in [3.63, 3.8) is 0 Å². The fourth-order valence-corrected chi connectivity index (χ4v) is 4.25. The number of nitrogens with two attached hydrogens (primary N) is 1. The van der Waals surface area contributed by atoms with Crippen molar-refractivity contribution < 1.29 is 0 Å². The number of nitrogens with one attached hydrogen (secondary N) is 1. The number of fused-ring (bicyclic) bond motifs is 1. The van der Waals surface area contributed by atoms with Gasteiger partial charge in [-0.2, -0.15) is 11.8 Å². The van der Waals surface area contributed by atoms with Crippen molar-refractivity contribution in [2.75, 3.05) is 12.3 Å². The van der Waals surface area contributed by atoms with E-state index in [2.05, 4.69) is 30.1 Å². The Kier molecular flexibility index (Phi) is 4.70. The summed E-state index contributed by atoms with van der Waals surface area (Å²) in [6.45, 7) is 3.98.